The van der Waals surface area contributed by atoms with Crippen LogP contribution in [0.15, 0.2) is 60.7 Å². The molecular weight excluding hydrogens is 390 g/mol. The van der Waals surface area contributed by atoms with E-state index in [-0.39, 0.29) is 0 Å². The molecule has 0 radical (unpaired) electrons. The normalized spacial score (nSPS) is 10.8. The van der Waals surface area contributed by atoms with Crippen LogP contribution in [0.4, 0.5) is 16.2 Å². The Kier molecular flexibility index (Phi) is 5.89. The first-order chi connectivity index (χ1) is 15.1. The fraction of sp³-hybridized carbons (Fsp3) is 0.200. The second-order valence-electron chi connectivity index (χ2n) is 7.35. The van der Waals surface area contributed by atoms with Crippen LogP contribution in [0.1, 0.15) is 11.1 Å². The van der Waals surface area contributed by atoms with Gasteiger partial charge in [0.25, 0.3) is 0 Å². The van der Waals surface area contributed by atoms with Gasteiger partial charge in [0.15, 0.2) is 0 Å². The number of benzene rings is 3. The Morgan fingerprint density at radius 2 is 1.77 bits per heavy atom. The third-order valence-electron chi connectivity index (χ3n) is 5.19. The van der Waals surface area contributed by atoms with Crippen molar-refractivity contribution < 1.29 is 14.3 Å². The molecule has 6 nitrogen and oxygen atoms in total. The summed E-state index contributed by atoms with van der Waals surface area (Å²) in [7, 11) is 3.21. The lowest BCUT2D eigenvalue weighted by molar-refractivity contribution is 0.150. The Labute approximate surface area is 181 Å². The smallest absolute Gasteiger partial charge is 0.406 e. The van der Waals surface area contributed by atoms with Crippen molar-refractivity contribution in [2.24, 2.45) is 0 Å². The fourth-order valence-corrected chi connectivity index (χ4v) is 3.53. The molecule has 158 valence electrons. The number of aromatic nitrogens is 1. The highest BCUT2D eigenvalue weighted by atomic mass is 16.5. The largest absolute Gasteiger partial charge is 0.497 e. The Hall–Kier alpha value is -3.80. The molecule has 0 unspecified atom stereocenters. The average molecular weight is 415 g/mol. The number of amides is 1. The molecule has 2 N–H and O–H groups in total. The topological polar surface area (TPSA) is 72.5 Å². The van der Waals surface area contributed by atoms with Crippen LogP contribution in [0.2, 0.25) is 0 Å². The summed E-state index contributed by atoms with van der Waals surface area (Å²) in [5, 5.41) is 8.07. The molecule has 4 aromatic rings. The molecule has 1 amide bonds. The minimum atomic E-state index is -0.416. The number of hydrogen-bond acceptors (Lipinski definition) is 5. The van der Waals surface area contributed by atoms with Crippen molar-refractivity contribution in [1.29, 1.82) is 0 Å². The second-order valence-corrected chi connectivity index (χ2v) is 7.35. The number of hydrogen-bond donors (Lipinski definition) is 2. The first-order valence-corrected chi connectivity index (χ1v) is 10.2. The zero-order chi connectivity index (χ0) is 21.8. The maximum absolute atomic E-state index is 11.2. The highest BCUT2D eigenvalue weighted by molar-refractivity contribution is 6.09. The van der Waals surface area contributed by atoms with Crippen LogP contribution in [0.5, 0.6) is 5.75 Å². The van der Waals surface area contributed by atoms with Gasteiger partial charge in [0.1, 0.15) is 5.75 Å². The van der Waals surface area contributed by atoms with E-state index < -0.39 is 6.09 Å². The summed E-state index contributed by atoms with van der Waals surface area (Å²) in [5.41, 5.74) is 6.08. The molecule has 0 atom stereocenters. The van der Waals surface area contributed by atoms with E-state index in [0.717, 1.165) is 44.5 Å². The van der Waals surface area contributed by atoms with E-state index >= 15 is 0 Å². The molecule has 4 rings (SSSR count). The van der Waals surface area contributed by atoms with Crippen molar-refractivity contribution in [1.82, 2.24) is 10.3 Å². The molecule has 1 aromatic heterocycles. The maximum Gasteiger partial charge on any atom is 0.406 e. The van der Waals surface area contributed by atoms with E-state index in [9.17, 15) is 4.79 Å². The number of carbonyl (C=O) groups is 1. The number of fused-ring (bicyclic) bond motifs is 2. The number of anilines is 2. The standard InChI is InChI=1S/C25H25N3O3/c1-16-4-10-20-23(14-16)28-22-11-9-19(30-3)15-21(22)24(20)27-18-7-5-17(6-8-18)12-13-31-25(29)26-2/h4-11,14-15H,12-13H2,1-3H3,(H,26,29)(H,27,28). The van der Waals surface area contributed by atoms with Crippen LogP contribution in [-0.4, -0.2) is 31.8 Å². The van der Waals surface area contributed by atoms with E-state index in [2.05, 4.69) is 35.8 Å². The van der Waals surface area contributed by atoms with Gasteiger partial charge in [-0.15, -0.1) is 0 Å². The van der Waals surface area contributed by atoms with E-state index in [0.29, 0.717) is 13.0 Å². The van der Waals surface area contributed by atoms with Gasteiger partial charge in [-0.25, -0.2) is 9.78 Å². The molecule has 6 heteroatoms. The number of nitrogens with one attached hydrogen (secondary N) is 2. The van der Waals surface area contributed by atoms with E-state index in [1.807, 2.05) is 42.5 Å². The number of aryl methyl sites for hydroxylation is 1. The van der Waals surface area contributed by atoms with Gasteiger partial charge in [0.2, 0.25) is 0 Å². The zero-order valence-corrected chi connectivity index (χ0v) is 17.9. The molecule has 31 heavy (non-hydrogen) atoms. The number of nitrogens with zero attached hydrogens (tertiary/aromatic N) is 1. The highest BCUT2D eigenvalue weighted by Gasteiger charge is 2.11. The Morgan fingerprint density at radius 1 is 0.968 bits per heavy atom. The molecule has 0 saturated carbocycles. The molecule has 3 aromatic carbocycles. The van der Waals surface area contributed by atoms with Crippen molar-refractivity contribution >= 4 is 39.3 Å². The van der Waals surface area contributed by atoms with Crippen molar-refractivity contribution in [3.8, 4) is 5.75 Å². The van der Waals surface area contributed by atoms with Gasteiger partial charge >= 0.3 is 6.09 Å². The highest BCUT2D eigenvalue weighted by Crippen LogP contribution is 2.35. The van der Waals surface area contributed by atoms with Crippen molar-refractivity contribution in [3.05, 3.63) is 71.8 Å². The van der Waals surface area contributed by atoms with Gasteiger partial charge in [-0.05, 0) is 54.4 Å². The van der Waals surface area contributed by atoms with Crippen LogP contribution in [0.25, 0.3) is 21.8 Å². The van der Waals surface area contributed by atoms with Crippen molar-refractivity contribution in [2.75, 3.05) is 26.1 Å². The van der Waals surface area contributed by atoms with E-state index in [1.54, 1.807) is 14.2 Å². The second kappa shape index (κ2) is 8.92. The summed E-state index contributed by atoms with van der Waals surface area (Å²) in [5.74, 6) is 0.787. The van der Waals surface area contributed by atoms with Gasteiger partial charge in [-0.3, -0.25) is 0 Å². The lowest BCUT2D eigenvalue weighted by atomic mass is 10.0. The first-order valence-electron chi connectivity index (χ1n) is 10.2. The number of methoxy groups -OCH3 is 1. The summed E-state index contributed by atoms with van der Waals surface area (Å²) in [6.45, 7) is 2.41. The minimum Gasteiger partial charge on any atom is -0.497 e. The lowest BCUT2D eigenvalue weighted by Gasteiger charge is -2.15. The molecule has 0 spiro atoms. The minimum absolute atomic E-state index is 0.339. The molecule has 0 fully saturated rings. The number of pyridine rings is 1. The summed E-state index contributed by atoms with van der Waals surface area (Å²) >= 11 is 0. The maximum atomic E-state index is 11.2. The Balaban J connectivity index is 1.67. The van der Waals surface area contributed by atoms with Crippen LogP contribution >= 0.6 is 0 Å². The van der Waals surface area contributed by atoms with Crippen LogP contribution < -0.4 is 15.4 Å². The molecule has 1 heterocycles. The summed E-state index contributed by atoms with van der Waals surface area (Å²) in [4.78, 5) is 16.0. The van der Waals surface area contributed by atoms with Gasteiger partial charge in [-0.1, -0.05) is 24.3 Å². The third kappa shape index (κ3) is 4.53. The molecular formula is C25H25N3O3. The van der Waals surface area contributed by atoms with Gasteiger partial charge < -0.3 is 20.1 Å². The van der Waals surface area contributed by atoms with Crippen LogP contribution in [0, 0.1) is 6.92 Å². The number of rotatable bonds is 6. The molecule has 0 bridgehead atoms. The van der Waals surface area contributed by atoms with E-state index in [1.165, 1.54) is 5.56 Å². The zero-order valence-electron chi connectivity index (χ0n) is 17.9. The van der Waals surface area contributed by atoms with Crippen molar-refractivity contribution in [3.63, 3.8) is 0 Å². The lowest BCUT2D eigenvalue weighted by Crippen LogP contribution is -2.20. The molecule has 0 aliphatic carbocycles. The SMILES string of the molecule is CNC(=O)OCCc1ccc(Nc2c3ccc(C)cc3nc3ccc(OC)cc23)cc1. The van der Waals surface area contributed by atoms with Gasteiger partial charge in [0, 0.05) is 29.9 Å². The summed E-state index contributed by atoms with van der Waals surface area (Å²) < 4.78 is 10.5. The Bertz CT molecular complexity index is 1240. The third-order valence-corrected chi connectivity index (χ3v) is 5.19. The van der Waals surface area contributed by atoms with Gasteiger partial charge in [-0.2, -0.15) is 0 Å². The number of alkyl carbamates (subject to hydrolysis) is 1. The average Bonchev–Trinajstić information content (AvgIpc) is 2.79. The molecule has 0 aliphatic rings. The van der Waals surface area contributed by atoms with Gasteiger partial charge in [0.05, 0.1) is 30.4 Å². The molecule has 0 saturated heterocycles. The molecule has 0 aliphatic heterocycles. The van der Waals surface area contributed by atoms with Crippen molar-refractivity contribution in [2.45, 2.75) is 13.3 Å². The summed E-state index contributed by atoms with van der Waals surface area (Å²) in [6.07, 6.45) is 0.242. The first kappa shape index (κ1) is 20.5. The monoisotopic (exact) mass is 415 g/mol. The Morgan fingerprint density at radius 3 is 2.52 bits per heavy atom. The summed E-state index contributed by atoms with van der Waals surface area (Å²) in [6, 6.07) is 20.3. The number of carbonyl (C=O) groups excluding carboxylic acids is 1. The number of ether oxygens (including phenoxy) is 2. The fourth-order valence-electron chi connectivity index (χ4n) is 3.53. The quantitative estimate of drug-likeness (QED) is 0.416. The predicted molar refractivity (Wildman–Crippen MR) is 124 cm³/mol. The van der Waals surface area contributed by atoms with Crippen LogP contribution in [0.3, 0.4) is 0 Å². The van der Waals surface area contributed by atoms with E-state index in [4.69, 9.17) is 14.5 Å². The predicted octanol–water partition coefficient (Wildman–Crippen LogP) is 5.35. The van der Waals surface area contributed by atoms with Crippen LogP contribution in [-0.2, 0) is 11.2 Å².